The van der Waals surface area contributed by atoms with Crippen LogP contribution in [0.4, 0.5) is 5.69 Å². The first-order chi connectivity index (χ1) is 12.1. The van der Waals surface area contributed by atoms with Gasteiger partial charge in [0, 0.05) is 17.4 Å². The minimum absolute atomic E-state index is 0.0732. The molecule has 0 spiro atoms. The Bertz CT molecular complexity index is 936. The molecule has 4 atom stereocenters. The number of halogens is 1. The van der Waals surface area contributed by atoms with Gasteiger partial charge in [0.25, 0.3) is 0 Å². The highest BCUT2D eigenvalue weighted by atomic mass is 35.5. The summed E-state index contributed by atoms with van der Waals surface area (Å²) in [5.74, 6) is -2.12. The second-order valence-electron chi connectivity index (χ2n) is 6.92. The molecule has 0 radical (unpaired) electrons. The molecule has 0 unspecified atom stereocenters. The molecule has 5 heteroatoms. The molecule has 1 aliphatic heterocycles. The number of carbonyl (C=O) groups is 3. The predicted molar refractivity (Wildman–Crippen MR) is 92.5 cm³/mol. The van der Waals surface area contributed by atoms with Crippen molar-refractivity contribution in [1.82, 2.24) is 0 Å². The van der Waals surface area contributed by atoms with Gasteiger partial charge in [0.2, 0.25) is 11.8 Å². The summed E-state index contributed by atoms with van der Waals surface area (Å²) in [4.78, 5) is 40.1. The molecule has 4 aliphatic rings. The summed E-state index contributed by atoms with van der Waals surface area (Å²) >= 11 is 5.92. The third-order valence-corrected chi connectivity index (χ3v) is 6.03. The van der Waals surface area contributed by atoms with Crippen molar-refractivity contribution in [1.29, 1.82) is 0 Å². The van der Waals surface area contributed by atoms with Crippen molar-refractivity contribution in [2.24, 2.45) is 11.8 Å². The molecule has 124 valence electrons. The van der Waals surface area contributed by atoms with E-state index in [1.807, 2.05) is 24.3 Å². The van der Waals surface area contributed by atoms with E-state index in [1.165, 1.54) is 4.90 Å². The first-order valence-electron chi connectivity index (χ1n) is 8.33. The second kappa shape index (κ2) is 5.02. The standard InChI is InChI=1S/C20H14ClNO3/c21-10-5-7-11(8-6-10)22-19(24)17-14-9-15(23)16(18(17)20(22)25)13-4-2-1-3-12(13)14/h1-8,14,16-18H,9H2/t14-,16-,17+,18-/m0/s1. The van der Waals surface area contributed by atoms with Gasteiger partial charge in [-0.1, -0.05) is 35.9 Å². The Kier molecular flexibility index (Phi) is 2.98. The lowest BCUT2D eigenvalue weighted by molar-refractivity contribution is -0.134. The number of fused-ring (bicyclic) bond motifs is 1. The number of imide groups is 1. The number of hydrogen-bond acceptors (Lipinski definition) is 3. The van der Waals surface area contributed by atoms with Gasteiger partial charge in [-0.15, -0.1) is 0 Å². The molecule has 2 bridgehead atoms. The van der Waals surface area contributed by atoms with Gasteiger partial charge in [-0.05, 0) is 35.4 Å². The zero-order chi connectivity index (χ0) is 17.3. The molecule has 1 saturated heterocycles. The molecular weight excluding hydrogens is 338 g/mol. The van der Waals surface area contributed by atoms with Crippen molar-refractivity contribution in [3.63, 3.8) is 0 Å². The van der Waals surface area contributed by atoms with Crippen LogP contribution in [0.25, 0.3) is 0 Å². The first-order valence-corrected chi connectivity index (χ1v) is 8.70. The summed E-state index contributed by atoms with van der Waals surface area (Å²) in [6, 6.07) is 14.4. The number of amides is 2. The fourth-order valence-corrected chi connectivity index (χ4v) is 4.93. The number of Topliss-reactive ketones (excluding diaryl/α,β-unsaturated/α-hetero) is 1. The third kappa shape index (κ3) is 1.86. The third-order valence-electron chi connectivity index (χ3n) is 5.77. The molecule has 3 aliphatic carbocycles. The molecule has 2 aromatic rings. The molecule has 2 fully saturated rings. The number of rotatable bonds is 1. The highest BCUT2D eigenvalue weighted by molar-refractivity contribution is 6.31. The Morgan fingerprint density at radius 2 is 1.48 bits per heavy atom. The lowest BCUT2D eigenvalue weighted by atomic mass is 9.56. The van der Waals surface area contributed by atoms with Crippen LogP contribution in [0.3, 0.4) is 0 Å². The monoisotopic (exact) mass is 351 g/mol. The number of benzene rings is 2. The molecule has 1 heterocycles. The van der Waals surface area contributed by atoms with Gasteiger partial charge < -0.3 is 0 Å². The summed E-state index contributed by atoms with van der Waals surface area (Å²) in [5.41, 5.74) is 2.49. The predicted octanol–water partition coefficient (Wildman–Crippen LogP) is 3.30. The van der Waals surface area contributed by atoms with Crippen LogP contribution in [0.2, 0.25) is 5.02 Å². The molecular formula is C20H14ClNO3. The zero-order valence-corrected chi connectivity index (χ0v) is 13.9. The van der Waals surface area contributed by atoms with Crippen molar-refractivity contribution in [3.8, 4) is 0 Å². The lowest BCUT2D eigenvalue weighted by Crippen LogP contribution is -2.44. The Balaban J connectivity index is 1.65. The van der Waals surface area contributed by atoms with Crippen LogP contribution in [0.15, 0.2) is 48.5 Å². The Labute approximate surface area is 149 Å². The summed E-state index contributed by atoms with van der Waals surface area (Å²) in [5, 5.41) is 0.544. The minimum atomic E-state index is -0.579. The molecule has 0 N–H and O–H groups in total. The maximum absolute atomic E-state index is 13.1. The van der Waals surface area contributed by atoms with Crippen LogP contribution in [0, 0.1) is 11.8 Å². The Hall–Kier alpha value is -2.46. The first kappa shape index (κ1) is 14.8. The largest absolute Gasteiger partial charge is 0.299 e. The summed E-state index contributed by atoms with van der Waals surface area (Å²) in [6.07, 6.45) is 0.344. The quantitative estimate of drug-likeness (QED) is 0.741. The molecule has 2 aromatic carbocycles. The highest BCUT2D eigenvalue weighted by Crippen LogP contribution is 2.57. The summed E-state index contributed by atoms with van der Waals surface area (Å²) < 4.78 is 0. The van der Waals surface area contributed by atoms with Gasteiger partial charge >= 0.3 is 0 Å². The van der Waals surface area contributed by atoms with E-state index in [0.717, 1.165) is 11.1 Å². The van der Waals surface area contributed by atoms with Crippen LogP contribution in [0.5, 0.6) is 0 Å². The normalized spacial score (nSPS) is 29.8. The highest BCUT2D eigenvalue weighted by Gasteiger charge is 2.62. The zero-order valence-electron chi connectivity index (χ0n) is 13.2. The van der Waals surface area contributed by atoms with Crippen molar-refractivity contribution >= 4 is 34.9 Å². The Morgan fingerprint density at radius 1 is 0.840 bits per heavy atom. The van der Waals surface area contributed by atoms with Gasteiger partial charge in [-0.3, -0.25) is 19.3 Å². The molecule has 4 nitrogen and oxygen atoms in total. The smallest absolute Gasteiger partial charge is 0.238 e. The van der Waals surface area contributed by atoms with Crippen LogP contribution in [0.1, 0.15) is 29.4 Å². The molecule has 6 rings (SSSR count). The van der Waals surface area contributed by atoms with Gasteiger partial charge in [0.1, 0.15) is 5.78 Å². The summed E-state index contributed by atoms with van der Waals surface area (Å²) in [7, 11) is 0. The van der Waals surface area contributed by atoms with Gasteiger partial charge in [-0.25, -0.2) is 0 Å². The van der Waals surface area contributed by atoms with Gasteiger partial charge in [0.05, 0.1) is 23.4 Å². The average Bonchev–Trinajstić information content (AvgIpc) is 2.88. The number of ketones is 1. The maximum Gasteiger partial charge on any atom is 0.238 e. The SMILES string of the molecule is O=C1C[C@H]2c3ccccc3[C@@H]1[C@@H]1C(=O)N(c3ccc(Cl)cc3)C(=O)[C@@H]12. The lowest BCUT2D eigenvalue weighted by Gasteiger charge is -2.43. The molecule has 0 aromatic heterocycles. The van der Waals surface area contributed by atoms with Gasteiger partial charge in [-0.2, -0.15) is 0 Å². The van der Waals surface area contributed by atoms with Crippen molar-refractivity contribution in [2.75, 3.05) is 4.90 Å². The van der Waals surface area contributed by atoms with Crippen LogP contribution in [-0.2, 0) is 14.4 Å². The fraction of sp³-hybridized carbons (Fsp3) is 0.250. The van der Waals surface area contributed by atoms with Crippen molar-refractivity contribution in [3.05, 3.63) is 64.7 Å². The summed E-state index contributed by atoms with van der Waals surface area (Å²) in [6.45, 7) is 0. The fourth-order valence-electron chi connectivity index (χ4n) is 4.80. The van der Waals surface area contributed by atoms with E-state index < -0.39 is 17.8 Å². The topological polar surface area (TPSA) is 54.5 Å². The van der Waals surface area contributed by atoms with Crippen molar-refractivity contribution in [2.45, 2.75) is 18.3 Å². The van der Waals surface area contributed by atoms with E-state index in [1.54, 1.807) is 24.3 Å². The number of hydrogen-bond donors (Lipinski definition) is 0. The van der Waals surface area contributed by atoms with E-state index >= 15 is 0 Å². The molecule has 1 saturated carbocycles. The number of carbonyl (C=O) groups excluding carboxylic acids is 3. The van der Waals surface area contributed by atoms with Crippen LogP contribution < -0.4 is 4.90 Å². The van der Waals surface area contributed by atoms with E-state index in [0.29, 0.717) is 17.1 Å². The number of anilines is 1. The Morgan fingerprint density at radius 3 is 2.20 bits per heavy atom. The molecule has 2 amide bonds. The maximum atomic E-state index is 13.1. The number of nitrogens with zero attached hydrogens (tertiary/aromatic N) is 1. The second-order valence-corrected chi connectivity index (χ2v) is 7.36. The van der Waals surface area contributed by atoms with Crippen LogP contribution >= 0.6 is 11.6 Å². The van der Waals surface area contributed by atoms with Gasteiger partial charge in [0.15, 0.2) is 0 Å². The minimum Gasteiger partial charge on any atom is -0.299 e. The van der Waals surface area contributed by atoms with Crippen molar-refractivity contribution < 1.29 is 14.4 Å². The van der Waals surface area contributed by atoms with E-state index in [9.17, 15) is 14.4 Å². The van der Waals surface area contributed by atoms with E-state index in [2.05, 4.69) is 0 Å². The van der Waals surface area contributed by atoms with E-state index in [-0.39, 0.29) is 23.5 Å². The average molecular weight is 352 g/mol. The van der Waals surface area contributed by atoms with E-state index in [4.69, 9.17) is 11.6 Å². The molecule has 25 heavy (non-hydrogen) atoms. The van der Waals surface area contributed by atoms with Crippen LogP contribution in [-0.4, -0.2) is 17.6 Å².